The van der Waals surface area contributed by atoms with E-state index >= 15 is 0 Å². The molecule has 0 aromatic carbocycles. The van der Waals surface area contributed by atoms with Crippen LogP contribution in [-0.2, 0) is 29.4 Å². The van der Waals surface area contributed by atoms with Gasteiger partial charge in [0.2, 0.25) is 0 Å². The highest BCUT2D eigenvalue weighted by molar-refractivity contribution is 6.92. The summed E-state index contributed by atoms with van der Waals surface area (Å²) in [6.45, 7) is 13.0. The number of aliphatic hydroxyl groups excluding tert-OH is 1. The number of rotatable bonds is 5. The Bertz CT molecular complexity index is 400. The molecule has 0 aliphatic carbocycles. The minimum atomic E-state index is -3.20. The van der Waals surface area contributed by atoms with E-state index in [0.29, 0.717) is 0 Å². The van der Waals surface area contributed by atoms with Crippen molar-refractivity contribution in [2.24, 2.45) is 0 Å². The van der Waals surface area contributed by atoms with Crippen molar-refractivity contribution in [2.45, 2.75) is 45.8 Å². The van der Waals surface area contributed by atoms with Gasteiger partial charge in [-0.05, 0) is 32.7 Å². The average Bonchev–Trinajstić information content (AvgIpc) is 2.34. The zero-order valence-electron chi connectivity index (χ0n) is 15.5. The monoisotopic (exact) mass is 418 g/mol. The highest BCUT2D eigenvalue weighted by atomic mass is 28.6. The molecule has 1 aliphatic rings. The van der Waals surface area contributed by atoms with E-state index in [4.69, 9.17) is 29.4 Å². The molecule has 1 N–H and O–H groups in total. The Balaban J connectivity index is 3.23. The van der Waals surface area contributed by atoms with Gasteiger partial charge in [-0.25, -0.2) is 0 Å². The first kappa shape index (κ1) is 21.8. The van der Waals surface area contributed by atoms with E-state index in [1.54, 1.807) is 33.9 Å². The first-order valence-corrected chi connectivity index (χ1v) is 20.0. The maximum Gasteiger partial charge on any atom is 0.481 e. The van der Waals surface area contributed by atoms with Gasteiger partial charge in [0.1, 0.15) is 0 Å². The fraction of sp³-hybridized carbons (Fsp3) is 1.00. The molecule has 0 radical (unpaired) electrons. The molecule has 1 aliphatic heterocycles. The van der Waals surface area contributed by atoms with Crippen LogP contribution in [-0.4, -0.2) is 68.8 Å². The molecule has 1 fully saturated rings. The summed E-state index contributed by atoms with van der Waals surface area (Å²) in [5.74, 6) is 0. The summed E-state index contributed by atoms with van der Waals surface area (Å²) in [7, 11) is -11.0. The van der Waals surface area contributed by atoms with Gasteiger partial charge in [-0.1, -0.05) is 0 Å². The highest BCUT2D eigenvalue weighted by Gasteiger charge is 2.59. The predicted molar refractivity (Wildman–Crippen MR) is 96.3 cm³/mol. The third-order valence-electron chi connectivity index (χ3n) is 3.25. The summed E-state index contributed by atoms with van der Waals surface area (Å²) in [5.41, 5.74) is 0. The van der Waals surface area contributed by atoms with Gasteiger partial charge in [0.15, 0.2) is 0 Å². The van der Waals surface area contributed by atoms with Crippen LogP contribution < -0.4 is 0 Å². The van der Waals surface area contributed by atoms with Gasteiger partial charge in [-0.3, -0.25) is 0 Å². The second kappa shape index (κ2) is 7.18. The molecule has 1 saturated heterocycles. The average molecular weight is 419 g/mol. The van der Waals surface area contributed by atoms with Crippen LogP contribution in [0.25, 0.3) is 0 Å². The smallest absolute Gasteiger partial charge is 0.414 e. The lowest BCUT2D eigenvalue weighted by Crippen LogP contribution is -2.70. The second-order valence-electron chi connectivity index (χ2n) is 6.73. The summed E-state index contributed by atoms with van der Waals surface area (Å²) >= 11 is 0. The van der Waals surface area contributed by atoms with E-state index in [-0.39, 0.29) is 6.23 Å². The summed E-state index contributed by atoms with van der Waals surface area (Å²) in [5, 5.41) is 9.82. The molecule has 0 spiro atoms. The molecule has 3 atom stereocenters. The van der Waals surface area contributed by atoms with Crippen molar-refractivity contribution in [1.82, 2.24) is 0 Å². The molecule has 13 heteroatoms. The number of aliphatic hydroxyl groups is 1. The Labute approximate surface area is 144 Å². The maximum absolute atomic E-state index is 9.82. The standard InChI is InChI=1S/C10H30O8Si5/c1-12-19(3,4)15-23(9)17-21(7,10-11)14-20(5,6)16-22(8,13-2)18-23/h11H,10H2,1-9H3. The predicted octanol–water partition coefficient (Wildman–Crippen LogP) is 1.52. The lowest BCUT2D eigenvalue weighted by atomic mass is 11.7. The molecule has 0 saturated carbocycles. The Morgan fingerprint density at radius 1 is 0.870 bits per heavy atom. The quantitative estimate of drug-likeness (QED) is 0.673. The summed E-state index contributed by atoms with van der Waals surface area (Å²) in [4.78, 5) is 0. The second-order valence-corrected chi connectivity index (χ2v) is 23.3. The number of hydrogen-bond acceptors (Lipinski definition) is 8. The summed E-state index contributed by atoms with van der Waals surface area (Å²) < 4.78 is 41.9. The molecule has 1 rings (SSSR count). The third kappa shape index (κ3) is 6.21. The van der Waals surface area contributed by atoms with Crippen LogP contribution in [0.4, 0.5) is 0 Å². The zero-order chi connectivity index (χ0) is 18.2. The fourth-order valence-electron chi connectivity index (χ4n) is 2.46. The molecular formula is C10H30O8Si5. The minimum Gasteiger partial charge on any atom is -0.414 e. The van der Waals surface area contributed by atoms with Crippen LogP contribution in [0.5, 0.6) is 0 Å². The van der Waals surface area contributed by atoms with Crippen LogP contribution in [0, 0.1) is 0 Å². The molecule has 138 valence electrons. The van der Waals surface area contributed by atoms with Gasteiger partial charge in [0.05, 0.1) is 6.23 Å². The summed E-state index contributed by atoms with van der Waals surface area (Å²) in [6, 6.07) is 0. The van der Waals surface area contributed by atoms with Crippen molar-refractivity contribution < 1.29 is 34.5 Å². The minimum absolute atomic E-state index is 0.206. The van der Waals surface area contributed by atoms with Crippen LogP contribution in [0.3, 0.4) is 0 Å². The van der Waals surface area contributed by atoms with E-state index in [0.717, 1.165) is 0 Å². The van der Waals surface area contributed by atoms with Gasteiger partial charge in [0, 0.05) is 27.3 Å². The molecule has 3 unspecified atom stereocenters. The highest BCUT2D eigenvalue weighted by Crippen LogP contribution is 2.32. The van der Waals surface area contributed by atoms with Gasteiger partial charge < -0.3 is 34.5 Å². The Hall–Kier alpha value is 0.764. The van der Waals surface area contributed by atoms with Crippen molar-refractivity contribution in [3.63, 3.8) is 0 Å². The van der Waals surface area contributed by atoms with Crippen molar-refractivity contribution in [1.29, 1.82) is 0 Å². The van der Waals surface area contributed by atoms with Crippen molar-refractivity contribution in [3.05, 3.63) is 0 Å². The van der Waals surface area contributed by atoms with Crippen LogP contribution in [0.2, 0.25) is 45.8 Å². The van der Waals surface area contributed by atoms with E-state index in [9.17, 15) is 5.11 Å². The maximum atomic E-state index is 9.82. The van der Waals surface area contributed by atoms with E-state index in [2.05, 4.69) is 0 Å². The van der Waals surface area contributed by atoms with Gasteiger partial charge >= 0.3 is 43.3 Å². The third-order valence-corrected chi connectivity index (χ3v) is 22.3. The Kier molecular flexibility index (Phi) is 6.80. The van der Waals surface area contributed by atoms with E-state index in [1.807, 2.05) is 26.2 Å². The lowest BCUT2D eigenvalue weighted by Gasteiger charge is -2.47. The van der Waals surface area contributed by atoms with Crippen molar-refractivity contribution >= 4 is 43.3 Å². The van der Waals surface area contributed by atoms with Gasteiger partial charge in [-0.2, -0.15) is 0 Å². The number of hydrogen-bond donors (Lipinski definition) is 1. The fourth-order valence-corrected chi connectivity index (χ4v) is 24.4. The van der Waals surface area contributed by atoms with Crippen molar-refractivity contribution in [2.75, 3.05) is 20.4 Å². The first-order valence-electron chi connectivity index (χ1n) is 7.44. The van der Waals surface area contributed by atoms with Crippen molar-refractivity contribution in [3.8, 4) is 0 Å². The van der Waals surface area contributed by atoms with Gasteiger partial charge in [-0.15, -0.1) is 0 Å². The largest absolute Gasteiger partial charge is 0.481 e. The SMILES string of the molecule is CO[Si](C)(C)O[Si]1(C)O[Si](C)(CO)O[Si](C)(C)O[Si](C)(OC)O1. The van der Waals surface area contributed by atoms with Crippen LogP contribution in [0.15, 0.2) is 0 Å². The zero-order valence-corrected chi connectivity index (χ0v) is 20.5. The Morgan fingerprint density at radius 2 is 1.43 bits per heavy atom. The molecule has 0 aromatic rings. The Morgan fingerprint density at radius 3 is 1.87 bits per heavy atom. The van der Waals surface area contributed by atoms with E-state index in [1.165, 1.54) is 0 Å². The normalized spacial score (nSPS) is 38.9. The van der Waals surface area contributed by atoms with Gasteiger partial charge in [0.25, 0.3) is 0 Å². The van der Waals surface area contributed by atoms with Crippen LogP contribution >= 0.6 is 0 Å². The topological polar surface area (TPSA) is 84.8 Å². The first-order chi connectivity index (χ1) is 10.2. The molecule has 0 bridgehead atoms. The molecular weight excluding hydrogens is 389 g/mol. The molecule has 0 amide bonds. The molecule has 1 heterocycles. The van der Waals surface area contributed by atoms with E-state index < -0.39 is 43.3 Å². The molecule has 8 nitrogen and oxygen atoms in total. The summed E-state index contributed by atoms with van der Waals surface area (Å²) in [6.07, 6.45) is -0.206. The lowest BCUT2D eigenvalue weighted by molar-refractivity contribution is 0.106. The molecule has 0 aromatic heterocycles. The molecule has 23 heavy (non-hydrogen) atoms. The van der Waals surface area contributed by atoms with Crippen LogP contribution in [0.1, 0.15) is 0 Å².